The van der Waals surface area contributed by atoms with E-state index in [-0.39, 0.29) is 24.4 Å². The van der Waals surface area contributed by atoms with Crippen LogP contribution in [0.1, 0.15) is 66.7 Å². The summed E-state index contributed by atoms with van der Waals surface area (Å²) in [6.45, 7) is 10.7. The third kappa shape index (κ3) is 9.37. The van der Waals surface area contributed by atoms with E-state index >= 15 is 0 Å². The van der Waals surface area contributed by atoms with Crippen molar-refractivity contribution in [2.45, 2.75) is 78.0 Å². The summed E-state index contributed by atoms with van der Waals surface area (Å²) in [4.78, 5) is 22.5. The number of carbonyl (C=O) groups excluding carboxylic acids is 2. The van der Waals surface area contributed by atoms with Crippen LogP contribution in [-0.2, 0) is 9.53 Å². The number of primary amides is 1. The zero-order chi connectivity index (χ0) is 23.4. The largest absolute Gasteiger partial charge is 0.501 e. The number of nitrogens with two attached hydrogens (primary N) is 1. The van der Waals surface area contributed by atoms with E-state index in [1.54, 1.807) is 6.92 Å². The van der Waals surface area contributed by atoms with Gasteiger partial charge in [-0.25, -0.2) is 9.18 Å². The minimum atomic E-state index is -0.468. The topological polar surface area (TPSA) is 84.7 Å². The van der Waals surface area contributed by atoms with Gasteiger partial charge in [-0.15, -0.1) is 0 Å². The minimum Gasteiger partial charge on any atom is -0.501 e. The molecular formula is C23H38FN3O3S. The standard InChI is InChI=1S/C10H13FO.C10H17N3O2S.C3H8/c1-8-4-3-6-12-7-5-10(11)9(8)2;1-6-3-2-4-7-9(6)16-13(5-8(11)14)10(15)12-7;1-3-2/h4-5,7H,3,6H2,1-2H3;6-7,9H,2-5H2,1H3,(H2,11,14)(H,12,15);3H2,1-2H3/b7-5+,8-4?,10-9+;;. The van der Waals surface area contributed by atoms with Crippen molar-refractivity contribution in [2.75, 3.05) is 13.2 Å². The summed E-state index contributed by atoms with van der Waals surface area (Å²) in [6.07, 6.45) is 10.2. The first-order valence-electron chi connectivity index (χ1n) is 11.1. The van der Waals surface area contributed by atoms with Crippen molar-refractivity contribution in [1.29, 1.82) is 0 Å². The second-order valence-electron chi connectivity index (χ2n) is 8.07. The smallest absolute Gasteiger partial charge is 0.328 e. The normalized spacial score (nSPS) is 29.0. The SMILES string of the molecule is CC1=CCCO/C=C/C(F)=C\1C.CC1CCCC2NC(=O)N(CC(N)=O)SC12.CCC. The van der Waals surface area contributed by atoms with Crippen LogP contribution in [0.5, 0.6) is 0 Å². The molecule has 0 spiro atoms. The lowest BCUT2D eigenvalue weighted by molar-refractivity contribution is -0.117. The molecule has 3 aliphatic rings. The number of hydrogen-bond donors (Lipinski definition) is 2. The van der Waals surface area contributed by atoms with E-state index in [0.29, 0.717) is 23.3 Å². The molecule has 2 heterocycles. The molecule has 31 heavy (non-hydrogen) atoms. The van der Waals surface area contributed by atoms with Gasteiger partial charge < -0.3 is 15.8 Å². The number of hydrogen-bond acceptors (Lipinski definition) is 4. The Hall–Kier alpha value is -1.96. The number of urea groups is 1. The number of halogens is 1. The predicted octanol–water partition coefficient (Wildman–Crippen LogP) is 5.23. The minimum absolute atomic E-state index is 0.00750. The van der Waals surface area contributed by atoms with Crippen LogP contribution >= 0.6 is 11.9 Å². The lowest BCUT2D eigenvalue weighted by Crippen LogP contribution is -2.57. The molecule has 3 rings (SSSR count). The number of rotatable bonds is 2. The van der Waals surface area contributed by atoms with Crippen LogP contribution < -0.4 is 11.1 Å². The van der Waals surface area contributed by atoms with Crippen molar-refractivity contribution in [1.82, 2.24) is 9.62 Å². The van der Waals surface area contributed by atoms with Crippen molar-refractivity contribution < 1.29 is 18.7 Å². The molecule has 8 heteroatoms. The van der Waals surface area contributed by atoms with Gasteiger partial charge in [-0.3, -0.25) is 9.10 Å². The van der Waals surface area contributed by atoms with E-state index in [4.69, 9.17) is 10.5 Å². The van der Waals surface area contributed by atoms with Gasteiger partial charge in [-0.05, 0) is 62.1 Å². The van der Waals surface area contributed by atoms with Crippen molar-refractivity contribution in [3.63, 3.8) is 0 Å². The van der Waals surface area contributed by atoms with E-state index in [1.807, 2.05) is 13.0 Å². The van der Waals surface area contributed by atoms with Gasteiger partial charge in [-0.1, -0.05) is 39.7 Å². The highest BCUT2D eigenvalue weighted by Gasteiger charge is 2.39. The fourth-order valence-electron chi connectivity index (χ4n) is 3.38. The molecular weight excluding hydrogens is 417 g/mol. The Labute approximate surface area is 190 Å². The second kappa shape index (κ2) is 14.2. The predicted molar refractivity (Wildman–Crippen MR) is 126 cm³/mol. The first-order valence-corrected chi connectivity index (χ1v) is 11.9. The summed E-state index contributed by atoms with van der Waals surface area (Å²) >= 11 is 1.48. The first-order chi connectivity index (χ1) is 14.7. The van der Waals surface area contributed by atoms with Crippen molar-refractivity contribution in [2.24, 2.45) is 11.7 Å². The highest BCUT2D eigenvalue weighted by Crippen LogP contribution is 2.37. The Kier molecular flexibility index (Phi) is 12.4. The van der Waals surface area contributed by atoms with Gasteiger partial charge in [0, 0.05) is 17.4 Å². The van der Waals surface area contributed by atoms with Gasteiger partial charge in [0.15, 0.2) is 0 Å². The van der Waals surface area contributed by atoms with Gasteiger partial charge in [0.1, 0.15) is 12.4 Å². The molecule has 0 aromatic rings. The lowest BCUT2D eigenvalue weighted by atomic mass is 9.86. The monoisotopic (exact) mass is 455 g/mol. The fraction of sp³-hybridized carbons (Fsp3) is 0.652. The number of fused-ring (bicyclic) bond motifs is 1. The first kappa shape index (κ1) is 27.1. The van der Waals surface area contributed by atoms with E-state index in [0.717, 1.165) is 18.4 Å². The van der Waals surface area contributed by atoms with Gasteiger partial charge >= 0.3 is 6.03 Å². The zero-order valence-corrected chi connectivity index (χ0v) is 20.3. The van der Waals surface area contributed by atoms with Crippen LogP contribution in [0, 0.1) is 5.92 Å². The molecule has 0 radical (unpaired) electrons. The molecule has 3 atom stereocenters. The fourth-order valence-corrected chi connectivity index (χ4v) is 4.72. The number of nitrogens with zero attached hydrogens (tertiary/aromatic N) is 1. The van der Waals surface area contributed by atoms with E-state index < -0.39 is 5.91 Å². The van der Waals surface area contributed by atoms with Crippen molar-refractivity contribution in [3.05, 3.63) is 35.4 Å². The summed E-state index contributed by atoms with van der Waals surface area (Å²) in [5.41, 5.74) is 6.79. The highest BCUT2D eigenvalue weighted by atomic mass is 32.2. The number of nitrogens with one attached hydrogen (secondary N) is 1. The Balaban J connectivity index is 0.000000285. The Bertz CT molecular complexity index is 694. The molecule has 2 fully saturated rings. The molecule has 3 unspecified atom stereocenters. The van der Waals surface area contributed by atoms with Crippen LogP contribution in [0.15, 0.2) is 35.4 Å². The van der Waals surface area contributed by atoms with Crippen LogP contribution in [0.4, 0.5) is 9.18 Å². The second-order valence-corrected chi connectivity index (χ2v) is 9.26. The number of allylic oxidation sites excluding steroid dienone is 4. The Morgan fingerprint density at radius 2 is 2.03 bits per heavy atom. The Morgan fingerprint density at radius 1 is 1.35 bits per heavy atom. The van der Waals surface area contributed by atoms with Crippen molar-refractivity contribution in [3.8, 4) is 0 Å². The maximum Gasteiger partial charge on any atom is 0.328 e. The quantitative estimate of drug-likeness (QED) is 0.559. The van der Waals surface area contributed by atoms with Gasteiger partial charge in [0.25, 0.3) is 0 Å². The number of amides is 3. The van der Waals surface area contributed by atoms with Gasteiger partial charge in [0.05, 0.1) is 12.9 Å². The molecule has 3 N–H and O–H groups in total. The molecule has 1 saturated carbocycles. The maximum atomic E-state index is 13.1. The average molecular weight is 456 g/mol. The molecule has 0 aromatic carbocycles. The lowest BCUT2D eigenvalue weighted by Gasteiger charge is -2.43. The number of carbonyl (C=O) groups is 2. The van der Waals surface area contributed by atoms with E-state index in [1.165, 1.54) is 47.9 Å². The highest BCUT2D eigenvalue weighted by molar-refractivity contribution is 7.98. The molecule has 1 saturated heterocycles. The summed E-state index contributed by atoms with van der Waals surface area (Å²) < 4.78 is 19.6. The third-order valence-corrected chi connectivity index (χ3v) is 6.75. The molecule has 6 nitrogen and oxygen atoms in total. The zero-order valence-electron chi connectivity index (χ0n) is 19.4. The van der Waals surface area contributed by atoms with Crippen LogP contribution in [-0.4, -0.2) is 40.7 Å². The molecule has 0 aromatic heterocycles. The average Bonchev–Trinajstić information content (AvgIpc) is 2.77. The molecule has 176 valence electrons. The molecule has 1 aliphatic carbocycles. The molecule has 0 bridgehead atoms. The Morgan fingerprint density at radius 3 is 2.68 bits per heavy atom. The maximum absolute atomic E-state index is 13.1. The van der Waals surface area contributed by atoms with Crippen molar-refractivity contribution >= 4 is 23.9 Å². The van der Waals surface area contributed by atoms with Crippen LogP contribution in [0.2, 0.25) is 0 Å². The molecule has 2 aliphatic heterocycles. The van der Waals surface area contributed by atoms with Crippen LogP contribution in [0.25, 0.3) is 0 Å². The third-order valence-electron chi connectivity index (χ3n) is 5.16. The van der Waals surface area contributed by atoms with Gasteiger partial charge in [-0.2, -0.15) is 0 Å². The van der Waals surface area contributed by atoms with Crippen LogP contribution in [0.3, 0.4) is 0 Å². The summed E-state index contributed by atoms with van der Waals surface area (Å²) in [7, 11) is 0. The summed E-state index contributed by atoms with van der Waals surface area (Å²) in [5.74, 6) is -0.116. The summed E-state index contributed by atoms with van der Waals surface area (Å²) in [5, 5.41) is 3.34. The van der Waals surface area contributed by atoms with E-state index in [2.05, 4.69) is 26.1 Å². The van der Waals surface area contributed by atoms with E-state index in [9.17, 15) is 14.0 Å². The number of ether oxygens (including phenoxy) is 1. The molecule has 3 amide bonds. The van der Waals surface area contributed by atoms with Gasteiger partial charge in [0.2, 0.25) is 5.91 Å². The summed E-state index contributed by atoms with van der Waals surface area (Å²) in [6, 6.07) is 0.0736.